The number of anilines is 1. The molecule has 2 amide bonds. The number of carbonyl (C=O) groups is 2. The molecular weight excluding hydrogens is 370 g/mol. The largest absolute Gasteiger partial charge is 0.385 e. The minimum absolute atomic E-state index is 0.0229. The zero-order valence-corrected chi connectivity index (χ0v) is 16.2. The number of piperidine rings is 1. The summed E-state index contributed by atoms with van der Waals surface area (Å²) in [6.07, 6.45) is 1.95. The number of methoxy groups -OCH3 is 1. The lowest BCUT2D eigenvalue weighted by atomic mass is 9.97. The van der Waals surface area contributed by atoms with Crippen molar-refractivity contribution in [2.75, 3.05) is 38.7 Å². The fourth-order valence-electron chi connectivity index (χ4n) is 3.45. The average Bonchev–Trinajstić information content (AvgIpc) is 3.04. The van der Waals surface area contributed by atoms with Gasteiger partial charge in [-0.15, -0.1) is 0 Å². The van der Waals surface area contributed by atoms with Crippen LogP contribution >= 0.6 is 0 Å². The van der Waals surface area contributed by atoms with Gasteiger partial charge >= 0.3 is 0 Å². The first-order valence-electron chi connectivity index (χ1n) is 9.11. The van der Waals surface area contributed by atoms with Crippen LogP contribution in [-0.4, -0.2) is 57.9 Å². The first-order chi connectivity index (χ1) is 12.9. The quantitative estimate of drug-likeness (QED) is 0.663. The van der Waals surface area contributed by atoms with Gasteiger partial charge in [0.25, 0.3) is 0 Å². The molecule has 3 rings (SSSR count). The Bertz CT molecular complexity index is 816. The van der Waals surface area contributed by atoms with E-state index in [4.69, 9.17) is 4.74 Å². The first-order valence-corrected chi connectivity index (χ1v) is 10.6. The lowest BCUT2D eigenvalue weighted by Gasteiger charge is -2.30. The summed E-state index contributed by atoms with van der Waals surface area (Å²) in [5.74, 6) is -0.317. The maximum absolute atomic E-state index is 12.9. The van der Waals surface area contributed by atoms with Crippen LogP contribution in [0.4, 0.5) is 5.69 Å². The van der Waals surface area contributed by atoms with Gasteiger partial charge in [-0.2, -0.15) is 4.31 Å². The number of benzene rings is 1. The number of fused-ring (bicyclic) bond motifs is 1. The topological polar surface area (TPSA) is 105 Å². The smallest absolute Gasteiger partial charge is 0.243 e. The number of hydrogen-bond donors (Lipinski definition) is 2. The first kappa shape index (κ1) is 19.8. The zero-order valence-electron chi connectivity index (χ0n) is 15.4. The second-order valence-electron chi connectivity index (χ2n) is 6.86. The maximum atomic E-state index is 12.9. The minimum atomic E-state index is -3.63. The predicted molar refractivity (Wildman–Crippen MR) is 99.8 cm³/mol. The minimum Gasteiger partial charge on any atom is -0.385 e. The number of ether oxygens (including phenoxy) is 1. The van der Waals surface area contributed by atoms with Crippen molar-refractivity contribution in [3.8, 4) is 0 Å². The SMILES string of the molecule is COCCCNC(=O)C1CCN(S(=O)(=O)c2ccc3c(c2)CC(=O)N3)CC1. The van der Waals surface area contributed by atoms with Crippen molar-refractivity contribution >= 4 is 27.5 Å². The van der Waals surface area contributed by atoms with E-state index in [9.17, 15) is 18.0 Å². The third kappa shape index (κ3) is 4.48. The van der Waals surface area contributed by atoms with E-state index < -0.39 is 10.0 Å². The van der Waals surface area contributed by atoms with Crippen molar-refractivity contribution in [3.05, 3.63) is 23.8 Å². The van der Waals surface area contributed by atoms with Crippen LogP contribution in [0.15, 0.2) is 23.1 Å². The lowest BCUT2D eigenvalue weighted by Crippen LogP contribution is -2.43. The molecule has 1 fully saturated rings. The average molecular weight is 395 g/mol. The molecule has 0 radical (unpaired) electrons. The number of nitrogens with one attached hydrogen (secondary N) is 2. The standard InChI is InChI=1S/C18H25N3O5S/c1-26-10-2-7-19-18(23)13-5-8-21(9-6-13)27(24,25)15-3-4-16-14(11-15)12-17(22)20-16/h3-4,11,13H,2,5-10,12H2,1H3,(H,19,23)(H,20,22). The van der Waals surface area contributed by atoms with Crippen molar-refractivity contribution < 1.29 is 22.7 Å². The zero-order chi connectivity index (χ0) is 19.4. The number of carbonyl (C=O) groups excluding carboxylic acids is 2. The third-order valence-electron chi connectivity index (χ3n) is 4.99. The Morgan fingerprint density at radius 3 is 2.78 bits per heavy atom. The van der Waals surface area contributed by atoms with E-state index in [0.29, 0.717) is 50.3 Å². The lowest BCUT2D eigenvalue weighted by molar-refractivity contribution is -0.126. The maximum Gasteiger partial charge on any atom is 0.243 e. The number of amides is 2. The Morgan fingerprint density at radius 2 is 2.07 bits per heavy atom. The highest BCUT2D eigenvalue weighted by molar-refractivity contribution is 7.89. The van der Waals surface area contributed by atoms with Crippen molar-refractivity contribution in [1.29, 1.82) is 0 Å². The normalized spacial score (nSPS) is 18.2. The Balaban J connectivity index is 1.58. The van der Waals surface area contributed by atoms with E-state index in [2.05, 4.69) is 10.6 Å². The third-order valence-corrected chi connectivity index (χ3v) is 6.88. The molecule has 2 N–H and O–H groups in total. The van der Waals surface area contributed by atoms with E-state index in [0.717, 1.165) is 6.42 Å². The van der Waals surface area contributed by atoms with Crippen molar-refractivity contribution in [2.24, 2.45) is 5.92 Å². The van der Waals surface area contributed by atoms with Gasteiger partial charge in [0, 0.05) is 45.0 Å². The van der Waals surface area contributed by atoms with Crippen LogP contribution < -0.4 is 10.6 Å². The van der Waals surface area contributed by atoms with Crippen LogP contribution in [-0.2, 0) is 30.8 Å². The summed E-state index contributed by atoms with van der Waals surface area (Å²) in [6.45, 7) is 1.78. The molecule has 2 aliphatic rings. The number of hydrogen-bond acceptors (Lipinski definition) is 5. The molecular formula is C18H25N3O5S. The van der Waals surface area contributed by atoms with Gasteiger partial charge in [-0.25, -0.2) is 8.42 Å². The monoisotopic (exact) mass is 395 g/mol. The summed E-state index contributed by atoms with van der Waals surface area (Å²) < 4.78 is 32.2. The van der Waals surface area contributed by atoms with E-state index in [1.165, 1.54) is 10.4 Å². The van der Waals surface area contributed by atoms with Gasteiger partial charge in [-0.1, -0.05) is 0 Å². The predicted octanol–water partition coefficient (Wildman–Crippen LogP) is 0.735. The molecule has 0 aliphatic carbocycles. The second kappa shape index (κ2) is 8.37. The van der Waals surface area contributed by atoms with Crippen molar-refractivity contribution in [3.63, 3.8) is 0 Å². The van der Waals surface area contributed by atoms with Gasteiger partial charge in [0.2, 0.25) is 21.8 Å². The number of sulfonamides is 1. The molecule has 8 nitrogen and oxygen atoms in total. The molecule has 1 aromatic carbocycles. The molecule has 0 bridgehead atoms. The van der Waals surface area contributed by atoms with Gasteiger partial charge in [-0.05, 0) is 43.0 Å². The fourth-order valence-corrected chi connectivity index (χ4v) is 4.97. The fraction of sp³-hybridized carbons (Fsp3) is 0.556. The summed E-state index contributed by atoms with van der Waals surface area (Å²) >= 11 is 0. The molecule has 2 heterocycles. The van der Waals surface area contributed by atoms with Gasteiger partial charge in [0.15, 0.2) is 0 Å². The molecule has 1 aromatic rings. The highest BCUT2D eigenvalue weighted by Gasteiger charge is 2.32. The Labute approximate surface area is 159 Å². The molecule has 0 saturated carbocycles. The summed E-state index contributed by atoms with van der Waals surface area (Å²) in [5, 5.41) is 5.58. The van der Waals surface area contributed by atoms with Crippen LogP contribution in [0.5, 0.6) is 0 Å². The van der Waals surface area contributed by atoms with E-state index in [1.807, 2.05) is 0 Å². The van der Waals surface area contributed by atoms with Gasteiger partial charge < -0.3 is 15.4 Å². The Hall–Kier alpha value is -1.97. The summed E-state index contributed by atoms with van der Waals surface area (Å²) in [6, 6.07) is 4.72. The van der Waals surface area contributed by atoms with Gasteiger partial charge in [0.1, 0.15) is 0 Å². The molecule has 0 spiro atoms. The molecule has 2 aliphatic heterocycles. The van der Waals surface area contributed by atoms with Crippen LogP contribution in [0.3, 0.4) is 0 Å². The molecule has 148 valence electrons. The molecule has 1 saturated heterocycles. The van der Waals surface area contributed by atoms with E-state index >= 15 is 0 Å². The van der Waals surface area contributed by atoms with Crippen molar-refractivity contribution in [2.45, 2.75) is 30.6 Å². The Kier molecular flexibility index (Phi) is 6.13. The number of rotatable bonds is 7. The summed E-state index contributed by atoms with van der Waals surface area (Å²) in [7, 11) is -2.01. The van der Waals surface area contributed by atoms with E-state index in [-0.39, 0.29) is 29.0 Å². The summed E-state index contributed by atoms with van der Waals surface area (Å²) in [5.41, 5.74) is 1.37. The van der Waals surface area contributed by atoms with Crippen LogP contribution in [0.2, 0.25) is 0 Å². The molecule has 0 unspecified atom stereocenters. The second-order valence-corrected chi connectivity index (χ2v) is 8.80. The van der Waals surface area contributed by atoms with Gasteiger partial charge in [-0.3, -0.25) is 9.59 Å². The van der Waals surface area contributed by atoms with Gasteiger partial charge in [0.05, 0.1) is 11.3 Å². The van der Waals surface area contributed by atoms with Crippen LogP contribution in [0.25, 0.3) is 0 Å². The molecule has 9 heteroatoms. The number of nitrogens with zero attached hydrogens (tertiary/aromatic N) is 1. The van der Waals surface area contributed by atoms with Crippen LogP contribution in [0.1, 0.15) is 24.8 Å². The highest BCUT2D eigenvalue weighted by Crippen LogP contribution is 2.29. The molecule has 0 aromatic heterocycles. The highest BCUT2D eigenvalue weighted by atomic mass is 32.2. The van der Waals surface area contributed by atoms with Crippen molar-refractivity contribution in [1.82, 2.24) is 9.62 Å². The van der Waals surface area contributed by atoms with Crippen LogP contribution in [0, 0.1) is 5.92 Å². The van der Waals surface area contributed by atoms with E-state index in [1.54, 1.807) is 19.2 Å². The summed E-state index contributed by atoms with van der Waals surface area (Å²) in [4.78, 5) is 23.8. The Morgan fingerprint density at radius 1 is 1.33 bits per heavy atom. The molecule has 0 atom stereocenters. The molecule has 27 heavy (non-hydrogen) atoms.